The number of halogens is 1. The molecule has 30 heavy (non-hydrogen) atoms. The largest absolute Gasteiger partial charge is 0.496 e. The fraction of sp³-hybridized carbons (Fsp3) is 0.190. The zero-order valence-electron chi connectivity index (χ0n) is 16.3. The molecule has 0 fully saturated rings. The second-order valence-corrected chi connectivity index (χ2v) is 8.90. The topological polar surface area (TPSA) is 69.9 Å². The van der Waals surface area contributed by atoms with Gasteiger partial charge in [0, 0.05) is 15.5 Å². The van der Waals surface area contributed by atoms with E-state index in [9.17, 15) is 9.59 Å². The van der Waals surface area contributed by atoms with Gasteiger partial charge in [-0.05, 0) is 42.6 Å². The van der Waals surface area contributed by atoms with Gasteiger partial charge in [-0.25, -0.2) is 9.79 Å². The quantitative estimate of drug-likeness (QED) is 0.561. The van der Waals surface area contributed by atoms with Crippen LogP contribution in [0, 0.1) is 0 Å². The van der Waals surface area contributed by atoms with Crippen molar-refractivity contribution in [1.82, 2.24) is 4.57 Å². The molecule has 0 unspecified atom stereocenters. The minimum atomic E-state index is -0.771. The fourth-order valence-electron chi connectivity index (χ4n) is 3.41. The van der Waals surface area contributed by atoms with Crippen LogP contribution in [0.5, 0.6) is 5.75 Å². The molecule has 4 rings (SSSR count). The van der Waals surface area contributed by atoms with Gasteiger partial charge < -0.3 is 9.47 Å². The maximum absolute atomic E-state index is 13.4. The normalized spacial score (nSPS) is 16.3. The summed E-state index contributed by atoms with van der Waals surface area (Å²) in [7, 11) is 2.83. The number of fused-ring (bicyclic) bond motifs is 1. The fourth-order valence-corrected chi connectivity index (χ4v) is 5.36. The Morgan fingerprint density at radius 1 is 1.30 bits per heavy atom. The van der Waals surface area contributed by atoms with Gasteiger partial charge in [-0.3, -0.25) is 9.36 Å². The number of rotatable bonds is 4. The molecule has 0 N–H and O–H groups in total. The molecule has 0 amide bonds. The van der Waals surface area contributed by atoms with Crippen molar-refractivity contribution in [2.75, 3.05) is 14.2 Å². The zero-order chi connectivity index (χ0) is 21.4. The highest BCUT2D eigenvalue weighted by Crippen LogP contribution is 2.37. The Bertz CT molecular complexity index is 1340. The highest BCUT2D eigenvalue weighted by molar-refractivity contribution is 7.11. The monoisotopic (exact) mass is 460 g/mol. The van der Waals surface area contributed by atoms with E-state index < -0.39 is 12.0 Å². The second kappa shape index (κ2) is 8.22. The number of allylic oxidation sites excluding steroid dienone is 1. The third kappa shape index (κ3) is 3.51. The molecule has 1 atom stereocenters. The number of hydrogen-bond donors (Lipinski definition) is 0. The van der Waals surface area contributed by atoms with Gasteiger partial charge in [0.25, 0.3) is 5.56 Å². The number of thiazole rings is 1. The van der Waals surface area contributed by atoms with Crippen LogP contribution in [0.1, 0.15) is 23.4 Å². The summed E-state index contributed by atoms with van der Waals surface area (Å²) < 4.78 is 12.6. The van der Waals surface area contributed by atoms with Gasteiger partial charge in [0.15, 0.2) is 4.80 Å². The molecular weight excluding hydrogens is 444 g/mol. The number of nitrogens with zero attached hydrogens (tertiary/aromatic N) is 2. The Kier molecular flexibility index (Phi) is 5.64. The van der Waals surface area contributed by atoms with Crippen LogP contribution in [0.25, 0.3) is 6.08 Å². The maximum Gasteiger partial charge on any atom is 0.338 e. The maximum atomic E-state index is 13.4. The minimum Gasteiger partial charge on any atom is -0.496 e. The third-order valence-corrected chi connectivity index (χ3v) is 6.77. The van der Waals surface area contributed by atoms with Crippen molar-refractivity contribution in [3.05, 3.63) is 82.1 Å². The summed E-state index contributed by atoms with van der Waals surface area (Å²) >= 11 is 9.07. The van der Waals surface area contributed by atoms with Crippen molar-refractivity contribution in [1.29, 1.82) is 0 Å². The van der Waals surface area contributed by atoms with Gasteiger partial charge >= 0.3 is 5.97 Å². The third-order valence-electron chi connectivity index (χ3n) is 4.73. The smallest absolute Gasteiger partial charge is 0.338 e. The second-order valence-electron chi connectivity index (χ2n) is 6.48. The molecule has 0 saturated carbocycles. The number of aromatic nitrogens is 1. The number of esters is 1. The molecule has 0 bridgehead atoms. The van der Waals surface area contributed by atoms with Crippen molar-refractivity contribution in [2.24, 2.45) is 4.99 Å². The molecule has 1 aliphatic rings. The summed E-state index contributed by atoms with van der Waals surface area (Å²) in [6.45, 7) is 1.73. The van der Waals surface area contributed by atoms with Gasteiger partial charge in [-0.1, -0.05) is 29.0 Å². The lowest BCUT2D eigenvalue weighted by Gasteiger charge is -2.25. The van der Waals surface area contributed by atoms with Crippen molar-refractivity contribution in [3.8, 4) is 5.75 Å². The summed E-state index contributed by atoms with van der Waals surface area (Å²) in [4.78, 5) is 32.1. The molecule has 1 aromatic carbocycles. The summed E-state index contributed by atoms with van der Waals surface area (Å²) in [6.07, 6.45) is 1.83. The van der Waals surface area contributed by atoms with E-state index >= 15 is 0 Å². The molecule has 0 aliphatic carbocycles. The van der Waals surface area contributed by atoms with Crippen molar-refractivity contribution >= 4 is 46.3 Å². The molecule has 0 radical (unpaired) electrons. The van der Waals surface area contributed by atoms with Crippen molar-refractivity contribution in [3.63, 3.8) is 0 Å². The standard InChI is InChI=1S/C21H17ClN2O4S2/c1-11-17(20(26)28-3)18(14-9-12(22)6-7-15(14)27-2)24-19(25)16(30-21(24)23-11)10-13-5-4-8-29-13/h4-10,18H,1-3H3/b16-10-/t18-/m1/s1. The van der Waals surface area contributed by atoms with E-state index in [1.54, 1.807) is 25.1 Å². The first kappa shape index (κ1) is 20.6. The van der Waals surface area contributed by atoms with Crippen LogP contribution in [-0.4, -0.2) is 24.8 Å². The average Bonchev–Trinajstić information content (AvgIpc) is 3.35. The van der Waals surface area contributed by atoms with Gasteiger partial charge in [-0.15, -0.1) is 11.3 Å². The van der Waals surface area contributed by atoms with Crippen molar-refractivity contribution < 1.29 is 14.3 Å². The molecule has 3 heterocycles. The molecule has 154 valence electrons. The molecule has 0 saturated heterocycles. The lowest BCUT2D eigenvalue weighted by Crippen LogP contribution is -2.40. The summed E-state index contributed by atoms with van der Waals surface area (Å²) in [6, 6.07) is 8.19. The molecule has 2 aromatic heterocycles. The number of carbonyl (C=O) groups excluding carboxylic acids is 1. The number of benzene rings is 1. The summed E-state index contributed by atoms with van der Waals surface area (Å²) in [5, 5.41) is 2.41. The van der Waals surface area contributed by atoms with E-state index in [1.165, 1.54) is 41.5 Å². The van der Waals surface area contributed by atoms with Gasteiger partial charge in [0.05, 0.1) is 30.0 Å². The highest BCUT2D eigenvalue weighted by atomic mass is 35.5. The Morgan fingerprint density at radius 3 is 2.77 bits per heavy atom. The predicted molar refractivity (Wildman–Crippen MR) is 118 cm³/mol. The first-order valence-electron chi connectivity index (χ1n) is 8.92. The van der Waals surface area contributed by atoms with E-state index in [0.717, 1.165) is 4.88 Å². The Morgan fingerprint density at radius 2 is 2.10 bits per heavy atom. The first-order valence-corrected chi connectivity index (χ1v) is 11.0. The number of hydrogen-bond acceptors (Lipinski definition) is 7. The average molecular weight is 461 g/mol. The Hall–Kier alpha value is -2.68. The first-order chi connectivity index (χ1) is 14.4. The SMILES string of the molecule is COC(=O)C1=C(C)N=c2s/c(=C\c3cccs3)c(=O)n2[C@@H]1c1cc(Cl)ccc1OC. The highest BCUT2D eigenvalue weighted by Gasteiger charge is 2.35. The van der Waals surface area contributed by atoms with Crippen LogP contribution in [0.15, 0.2) is 56.8 Å². The lowest BCUT2D eigenvalue weighted by molar-refractivity contribution is -0.136. The van der Waals surface area contributed by atoms with Crippen LogP contribution in [0.4, 0.5) is 0 Å². The molecule has 1 aliphatic heterocycles. The van der Waals surface area contributed by atoms with E-state index in [0.29, 0.717) is 31.4 Å². The number of ether oxygens (including phenoxy) is 2. The molecule has 0 spiro atoms. The van der Waals surface area contributed by atoms with Gasteiger partial charge in [0.2, 0.25) is 0 Å². The van der Waals surface area contributed by atoms with E-state index in [4.69, 9.17) is 21.1 Å². The van der Waals surface area contributed by atoms with Crippen LogP contribution in [-0.2, 0) is 9.53 Å². The number of thiophene rings is 1. The Labute approximate surface area is 185 Å². The predicted octanol–water partition coefficient (Wildman–Crippen LogP) is 3.13. The van der Waals surface area contributed by atoms with Crippen molar-refractivity contribution in [2.45, 2.75) is 13.0 Å². The Balaban J connectivity index is 2.05. The lowest BCUT2D eigenvalue weighted by atomic mass is 9.95. The minimum absolute atomic E-state index is 0.243. The van der Waals surface area contributed by atoms with E-state index in [1.807, 2.05) is 23.6 Å². The molecule has 9 heteroatoms. The molecule has 3 aromatic rings. The van der Waals surface area contributed by atoms with Crippen LogP contribution >= 0.6 is 34.3 Å². The number of methoxy groups -OCH3 is 2. The summed E-state index contributed by atoms with van der Waals surface area (Å²) in [5.74, 6) is -0.0517. The van der Waals surface area contributed by atoms with Crippen LogP contribution in [0.3, 0.4) is 0 Å². The summed E-state index contributed by atoms with van der Waals surface area (Å²) in [5.41, 5.74) is 1.10. The number of carbonyl (C=O) groups is 1. The molecule has 6 nitrogen and oxygen atoms in total. The van der Waals surface area contributed by atoms with E-state index in [2.05, 4.69) is 4.99 Å². The van der Waals surface area contributed by atoms with Crippen LogP contribution in [0.2, 0.25) is 5.02 Å². The van der Waals surface area contributed by atoms with Gasteiger partial charge in [-0.2, -0.15) is 0 Å². The van der Waals surface area contributed by atoms with Gasteiger partial charge in [0.1, 0.15) is 11.8 Å². The molecular formula is C21H17ClN2O4S2. The van der Waals surface area contributed by atoms with Crippen LogP contribution < -0.4 is 19.6 Å². The zero-order valence-corrected chi connectivity index (χ0v) is 18.7. The van der Waals surface area contributed by atoms with E-state index in [-0.39, 0.29) is 11.1 Å².